The largest absolute Gasteiger partial charge is 0.507 e. The van der Waals surface area contributed by atoms with E-state index >= 15 is 0 Å². The fraction of sp³-hybridized carbons (Fsp3) is 0.321. The van der Waals surface area contributed by atoms with E-state index in [4.69, 9.17) is 18.6 Å². The molecule has 0 amide bonds. The van der Waals surface area contributed by atoms with Crippen molar-refractivity contribution in [2.75, 3.05) is 14.2 Å². The number of benzene rings is 3. The van der Waals surface area contributed by atoms with Gasteiger partial charge in [0.05, 0.1) is 31.1 Å². The van der Waals surface area contributed by atoms with E-state index in [1.54, 1.807) is 31.2 Å². The molecule has 1 aromatic heterocycles. The first-order chi connectivity index (χ1) is 17.5. The van der Waals surface area contributed by atoms with E-state index in [9.17, 15) is 25.2 Å². The van der Waals surface area contributed by atoms with E-state index in [2.05, 4.69) is 6.58 Å². The fourth-order valence-corrected chi connectivity index (χ4v) is 5.28. The highest BCUT2D eigenvalue weighted by Crippen LogP contribution is 2.48. The third kappa shape index (κ3) is 3.58. The second kappa shape index (κ2) is 8.74. The number of hydrogen-bond acceptors (Lipinski definition) is 9. The molecule has 1 aliphatic heterocycles. The molecule has 5 rings (SSSR count). The number of methoxy groups -OCH3 is 2. The van der Waals surface area contributed by atoms with Crippen LogP contribution in [-0.4, -0.2) is 58.6 Å². The van der Waals surface area contributed by atoms with Crippen LogP contribution in [0.3, 0.4) is 0 Å². The lowest BCUT2D eigenvalue weighted by atomic mass is 9.80. The van der Waals surface area contributed by atoms with Gasteiger partial charge in [-0.2, -0.15) is 0 Å². The van der Waals surface area contributed by atoms with Gasteiger partial charge in [0.1, 0.15) is 46.7 Å². The molecule has 1 fully saturated rings. The molecular weight excluding hydrogens is 480 g/mol. The van der Waals surface area contributed by atoms with Crippen molar-refractivity contribution in [3.63, 3.8) is 0 Å². The molecule has 2 heterocycles. The number of aliphatic hydroxyl groups excluding tert-OH is 2. The van der Waals surface area contributed by atoms with Crippen molar-refractivity contribution in [2.45, 2.75) is 43.9 Å². The number of rotatable bonds is 4. The average molecular weight is 509 g/mol. The maximum Gasteiger partial charge on any atom is 0.344 e. The van der Waals surface area contributed by atoms with Crippen LogP contribution in [0.2, 0.25) is 0 Å². The highest BCUT2D eigenvalue weighted by Gasteiger charge is 2.51. The maximum atomic E-state index is 13.3. The lowest BCUT2D eigenvalue weighted by Crippen LogP contribution is -2.61. The molecule has 0 unspecified atom stereocenters. The summed E-state index contributed by atoms with van der Waals surface area (Å²) >= 11 is 0. The Morgan fingerprint density at radius 2 is 1.68 bits per heavy atom. The predicted octanol–water partition coefficient (Wildman–Crippen LogP) is 3.40. The van der Waals surface area contributed by atoms with Crippen molar-refractivity contribution in [2.24, 2.45) is 0 Å². The Morgan fingerprint density at radius 1 is 1.00 bits per heavy atom. The SMILES string of the molecule is C=Cc1cc(OC)c2c(c1)c(=O)oc1c2cc(OC)c2c(O)ccc([C@@H]3O[C@H](C)[C@H](O)[C@](C)(O)[C@@H]3O)c21. The van der Waals surface area contributed by atoms with Crippen LogP contribution in [0.25, 0.3) is 38.6 Å². The van der Waals surface area contributed by atoms with Gasteiger partial charge in [-0.3, -0.25) is 0 Å². The zero-order valence-corrected chi connectivity index (χ0v) is 20.8. The summed E-state index contributed by atoms with van der Waals surface area (Å²) in [6, 6.07) is 7.95. The van der Waals surface area contributed by atoms with Crippen molar-refractivity contribution < 1.29 is 39.1 Å². The predicted molar refractivity (Wildman–Crippen MR) is 138 cm³/mol. The van der Waals surface area contributed by atoms with Crippen LogP contribution in [0, 0.1) is 0 Å². The van der Waals surface area contributed by atoms with Crippen LogP contribution in [0.15, 0.2) is 46.1 Å². The molecule has 0 saturated carbocycles. The molecule has 1 saturated heterocycles. The van der Waals surface area contributed by atoms with Gasteiger partial charge in [0, 0.05) is 16.2 Å². The summed E-state index contributed by atoms with van der Waals surface area (Å²) in [5.74, 6) is 0.526. The molecule has 0 bridgehead atoms. The Kier molecular flexibility index (Phi) is 5.91. The molecule has 5 atom stereocenters. The Labute approximate surface area is 211 Å². The molecule has 9 heteroatoms. The summed E-state index contributed by atoms with van der Waals surface area (Å²) in [7, 11) is 2.93. The molecule has 0 aliphatic carbocycles. The van der Waals surface area contributed by atoms with Crippen molar-refractivity contribution in [3.05, 3.63) is 58.5 Å². The Bertz CT molecular complexity index is 1620. The minimum atomic E-state index is -1.90. The third-order valence-electron chi connectivity index (χ3n) is 7.29. The number of phenolic OH excluding ortho intramolecular Hbond substituents is 1. The summed E-state index contributed by atoms with van der Waals surface area (Å²) in [4.78, 5) is 13.3. The van der Waals surface area contributed by atoms with Gasteiger partial charge in [-0.15, -0.1) is 0 Å². The van der Waals surface area contributed by atoms with Crippen molar-refractivity contribution in [1.29, 1.82) is 0 Å². The standard InChI is InChI=1S/C28H28O9/c1-6-13-9-16-20(18(10-13)34-4)15-11-19(35-5)22-17(29)8-7-14(21(22)23(15)37-27(16)32)24-26(31)28(3,33)25(30)12(2)36-24/h6-12,24-26,29-31,33H,1H2,2-5H3/t12-,24+,25+,26-,28+/m1/s1. The number of aromatic hydroxyl groups is 1. The van der Waals surface area contributed by atoms with Crippen LogP contribution < -0.4 is 15.1 Å². The molecule has 1 aliphatic rings. The molecule has 4 N–H and O–H groups in total. The van der Waals surface area contributed by atoms with Gasteiger partial charge in [-0.25, -0.2) is 4.79 Å². The molecule has 3 aromatic carbocycles. The highest BCUT2D eigenvalue weighted by molar-refractivity contribution is 6.19. The molecule has 194 valence electrons. The van der Waals surface area contributed by atoms with Gasteiger partial charge in [0.15, 0.2) is 0 Å². The number of phenols is 1. The second-order valence-corrected chi connectivity index (χ2v) is 9.50. The van der Waals surface area contributed by atoms with E-state index in [0.29, 0.717) is 27.6 Å². The molecule has 9 nitrogen and oxygen atoms in total. The minimum Gasteiger partial charge on any atom is -0.507 e. The second-order valence-electron chi connectivity index (χ2n) is 9.50. The number of hydrogen-bond donors (Lipinski definition) is 4. The summed E-state index contributed by atoms with van der Waals surface area (Å²) in [5, 5.41) is 44.9. The quantitative estimate of drug-likeness (QED) is 0.241. The number of aliphatic hydroxyl groups is 3. The molecular formula is C28H28O9. The van der Waals surface area contributed by atoms with Crippen LogP contribution >= 0.6 is 0 Å². The first-order valence-corrected chi connectivity index (χ1v) is 11.7. The zero-order chi connectivity index (χ0) is 26.8. The van der Waals surface area contributed by atoms with E-state index in [1.807, 2.05) is 0 Å². The summed E-state index contributed by atoms with van der Waals surface area (Å²) in [6.07, 6.45) is -3.29. The molecule has 37 heavy (non-hydrogen) atoms. The van der Waals surface area contributed by atoms with Crippen molar-refractivity contribution >= 4 is 38.6 Å². The summed E-state index contributed by atoms with van der Waals surface area (Å²) < 4.78 is 23.1. The number of fused-ring (bicyclic) bond motifs is 5. The molecule has 0 spiro atoms. The van der Waals surface area contributed by atoms with Crippen LogP contribution in [-0.2, 0) is 4.74 Å². The summed E-state index contributed by atoms with van der Waals surface area (Å²) in [6.45, 7) is 6.67. The van der Waals surface area contributed by atoms with Crippen molar-refractivity contribution in [1.82, 2.24) is 0 Å². The van der Waals surface area contributed by atoms with Gasteiger partial charge in [0.2, 0.25) is 0 Å². The van der Waals surface area contributed by atoms with Gasteiger partial charge >= 0.3 is 5.63 Å². The van der Waals surface area contributed by atoms with Crippen LogP contribution in [0.5, 0.6) is 17.2 Å². The zero-order valence-electron chi connectivity index (χ0n) is 20.8. The molecule has 4 aromatic rings. The average Bonchev–Trinajstić information content (AvgIpc) is 2.89. The first kappa shape index (κ1) is 25.0. The smallest absolute Gasteiger partial charge is 0.344 e. The molecule has 0 radical (unpaired) electrons. The summed E-state index contributed by atoms with van der Waals surface area (Å²) in [5.41, 5.74) is -1.45. The maximum absolute atomic E-state index is 13.3. The van der Waals surface area contributed by atoms with E-state index < -0.39 is 35.6 Å². The number of ether oxygens (including phenoxy) is 3. The highest BCUT2D eigenvalue weighted by atomic mass is 16.5. The lowest BCUT2D eigenvalue weighted by molar-refractivity contribution is -0.261. The van der Waals surface area contributed by atoms with Crippen LogP contribution in [0.4, 0.5) is 0 Å². The monoisotopic (exact) mass is 508 g/mol. The van der Waals surface area contributed by atoms with Gasteiger partial charge in [-0.05, 0) is 49.2 Å². The van der Waals surface area contributed by atoms with Crippen LogP contribution in [0.1, 0.15) is 31.1 Å². The van der Waals surface area contributed by atoms with Crippen molar-refractivity contribution in [3.8, 4) is 17.2 Å². The first-order valence-electron chi connectivity index (χ1n) is 11.7. The van der Waals surface area contributed by atoms with Gasteiger partial charge in [0.25, 0.3) is 0 Å². The Morgan fingerprint density at radius 3 is 2.32 bits per heavy atom. The normalized spacial score (nSPS) is 26.0. The Hall–Kier alpha value is -3.63. The Balaban J connectivity index is 1.97. The van der Waals surface area contributed by atoms with Gasteiger partial charge < -0.3 is 39.1 Å². The van der Waals surface area contributed by atoms with E-state index in [1.165, 1.54) is 33.3 Å². The fourth-order valence-electron chi connectivity index (χ4n) is 5.28. The third-order valence-corrected chi connectivity index (χ3v) is 7.29. The topological polar surface area (TPSA) is 139 Å². The minimum absolute atomic E-state index is 0.109. The van der Waals surface area contributed by atoms with E-state index in [0.717, 1.165) is 0 Å². The van der Waals surface area contributed by atoms with Gasteiger partial charge in [-0.1, -0.05) is 18.7 Å². The van der Waals surface area contributed by atoms with E-state index in [-0.39, 0.29) is 33.2 Å². The lowest BCUT2D eigenvalue weighted by Gasteiger charge is -2.46.